The number of rotatable bonds is 3. The SMILES string of the molecule is CC(NC1CCS(=O)(=O)c2ccc(F)cc21)C1CC1. The fourth-order valence-corrected chi connectivity index (χ4v) is 4.44. The van der Waals surface area contributed by atoms with E-state index in [0.717, 1.165) is 0 Å². The minimum absolute atomic E-state index is 0.0511. The summed E-state index contributed by atoms with van der Waals surface area (Å²) in [6.07, 6.45) is 2.99. The standard InChI is InChI=1S/C14H18FNO2S/c1-9(10-2-3-10)16-13-6-7-19(17,18)14-5-4-11(15)8-12(13)14/h4-5,8-10,13,16H,2-3,6-7H2,1H3. The van der Waals surface area contributed by atoms with Crippen LogP contribution in [0.1, 0.15) is 37.8 Å². The molecule has 104 valence electrons. The summed E-state index contributed by atoms with van der Waals surface area (Å²) in [7, 11) is -3.24. The number of hydrogen-bond acceptors (Lipinski definition) is 3. The van der Waals surface area contributed by atoms with Gasteiger partial charge in [0, 0.05) is 12.1 Å². The highest BCUT2D eigenvalue weighted by molar-refractivity contribution is 7.91. The summed E-state index contributed by atoms with van der Waals surface area (Å²) in [4.78, 5) is 0.292. The lowest BCUT2D eigenvalue weighted by atomic mass is 10.0. The molecule has 1 aliphatic heterocycles. The van der Waals surface area contributed by atoms with Crippen molar-refractivity contribution in [1.29, 1.82) is 0 Å². The zero-order chi connectivity index (χ0) is 13.6. The Labute approximate surface area is 113 Å². The average Bonchev–Trinajstić information content (AvgIpc) is 3.16. The quantitative estimate of drug-likeness (QED) is 0.867. The molecule has 2 aliphatic rings. The first-order valence-electron chi connectivity index (χ1n) is 6.75. The zero-order valence-corrected chi connectivity index (χ0v) is 11.7. The van der Waals surface area contributed by atoms with Gasteiger partial charge in [-0.3, -0.25) is 0 Å². The summed E-state index contributed by atoms with van der Waals surface area (Å²) in [5.41, 5.74) is 0.596. The van der Waals surface area contributed by atoms with Crippen molar-refractivity contribution in [2.45, 2.75) is 43.2 Å². The van der Waals surface area contributed by atoms with Crippen LogP contribution in [0.25, 0.3) is 0 Å². The van der Waals surface area contributed by atoms with E-state index in [1.54, 1.807) is 0 Å². The lowest BCUT2D eigenvalue weighted by molar-refractivity contribution is 0.403. The first kappa shape index (κ1) is 13.1. The van der Waals surface area contributed by atoms with Crippen LogP contribution in [-0.2, 0) is 9.84 Å². The lowest BCUT2D eigenvalue weighted by Gasteiger charge is -2.29. The molecule has 5 heteroatoms. The largest absolute Gasteiger partial charge is 0.307 e. The maximum Gasteiger partial charge on any atom is 0.178 e. The van der Waals surface area contributed by atoms with Crippen LogP contribution in [0.5, 0.6) is 0 Å². The number of nitrogens with one attached hydrogen (secondary N) is 1. The zero-order valence-electron chi connectivity index (χ0n) is 10.9. The summed E-state index contributed by atoms with van der Waals surface area (Å²) in [6.45, 7) is 2.12. The van der Waals surface area contributed by atoms with E-state index in [-0.39, 0.29) is 17.6 Å². The Bertz CT molecular complexity index is 595. The summed E-state index contributed by atoms with van der Waals surface area (Å²) in [5.74, 6) is 0.456. The van der Waals surface area contributed by atoms with Crippen molar-refractivity contribution in [1.82, 2.24) is 5.32 Å². The monoisotopic (exact) mass is 283 g/mol. The normalized spacial score (nSPS) is 26.7. The van der Waals surface area contributed by atoms with Gasteiger partial charge < -0.3 is 5.32 Å². The molecule has 2 atom stereocenters. The summed E-state index contributed by atoms with van der Waals surface area (Å²) in [6, 6.07) is 4.30. The summed E-state index contributed by atoms with van der Waals surface area (Å²) >= 11 is 0. The van der Waals surface area contributed by atoms with Gasteiger partial charge in [-0.2, -0.15) is 0 Å². The van der Waals surface area contributed by atoms with Crippen LogP contribution in [0, 0.1) is 11.7 Å². The highest BCUT2D eigenvalue weighted by Crippen LogP contribution is 2.37. The minimum Gasteiger partial charge on any atom is -0.307 e. The van der Waals surface area contributed by atoms with Gasteiger partial charge in [-0.15, -0.1) is 0 Å². The van der Waals surface area contributed by atoms with Gasteiger partial charge in [-0.05, 0) is 55.9 Å². The van der Waals surface area contributed by atoms with Crippen molar-refractivity contribution in [3.05, 3.63) is 29.6 Å². The summed E-state index contributed by atoms with van der Waals surface area (Å²) < 4.78 is 37.4. The maximum absolute atomic E-state index is 13.4. The van der Waals surface area contributed by atoms with E-state index in [2.05, 4.69) is 12.2 Å². The van der Waals surface area contributed by atoms with Crippen LogP contribution >= 0.6 is 0 Å². The predicted molar refractivity (Wildman–Crippen MR) is 71.1 cm³/mol. The number of halogens is 1. The van der Waals surface area contributed by atoms with E-state index in [4.69, 9.17) is 0 Å². The molecule has 0 aromatic heterocycles. The molecule has 3 nitrogen and oxygen atoms in total. The second-order valence-corrected chi connectivity index (χ2v) is 7.71. The molecule has 2 unspecified atom stereocenters. The molecular formula is C14H18FNO2S. The van der Waals surface area contributed by atoms with Crippen LogP contribution in [0.4, 0.5) is 4.39 Å². The molecule has 1 aromatic carbocycles. The summed E-state index contributed by atoms with van der Waals surface area (Å²) in [5, 5.41) is 3.47. The van der Waals surface area contributed by atoms with Crippen LogP contribution in [0.2, 0.25) is 0 Å². The fraction of sp³-hybridized carbons (Fsp3) is 0.571. The van der Waals surface area contributed by atoms with E-state index in [0.29, 0.717) is 28.8 Å². The molecule has 0 bridgehead atoms. The maximum atomic E-state index is 13.4. The third-order valence-electron chi connectivity index (χ3n) is 4.15. The van der Waals surface area contributed by atoms with Gasteiger partial charge in [0.2, 0.25) is 0 Å². The van der Waals surface area contributed by atoms with Crippen LogP contribution in [0.15, 0.2) is 23.1 Å². The highest BCUT2D eigenvalue weighted by atomic mass is 32.2. The first-order chi connectivity index (χ1) is 8.97. The fourth-order valence-electron chi connectivity index (χ4n) is 2.84. The molecular weight excluding hydrogens is 265 g/mol. The lowest BCUT2D eigenvalue weighted by Crippen LogP contribution is -2.36. The van der Waals surface area contributed by atoms with Crippen molar-refractivity contribution in [3.63, 3.8) is 0 Å². The molecule has 1 aromatic rings. The topological polar surface area (TPSA) is 46.2 Å². The van der Waals surface area contributed by atoms with Gasteiger partial charge in [0.15, 0.2) is 9.84 Å². The van der Waals surface area contributed by atoms with E-state index in [1.165, 1.54) is 31.0 Å². The Morgan fingerprint density at radius 3 is 2.74 bits per heavy atom. The molecule has 1 aliphatic carbocycles. The molecule has 1 heterocycles. The van der Waals surface area contributed by atoms with Crippen molar-refractivity contribution < 1.29 is 12.8 Å². The van der Waals surface area contributed by atoms with Gasteiger partial charge in [0.1, 0.15) is 5.82 Å². The van der Waals surface area contributed by atoms with Gasteiger partial charge in [0.25, 0.3) is 0 Å². The van der Waals surface area contributed by atoms with Crippen molar-refractivity contribution in [2.75, 3.05) is 5.75 Å². The molecule has 1 saturated carbocycles. The Hall–Kier alpha value is -0.940. The molecule has 3 rings (SSSR count). The molecule has 0 radical (unpaired) electrons. The number of fused-ring (bicyclic) bond motifs is 1. The smallest absolute Gasteiger partial charge is 0.178 e. The van der Waals surface area contributed by atoms with Crippen molar-refractivity contribution >= 4 is 9.84 Å². The predicted octanol–water partition coefficient (Wildman–Crippen LogP) is 2.43. The highest BCUT2D eigenvalue weighted by Gasteiger charge is 2.34. The second kappa shape index (κ2) is 4.56. The number of benzene rings is 1. The Balaban J connectivity index is 1.93. The van der Waals surface area contributed by atoms with Crippen LogP contribution in [-0.4, -0.2) is 20.2 Å². The van der Waals surface area contributed by atoms with E-state index in [9.17, 15) is 12.8 Å². The molecule has 1 N–H and O–H groups in total. The molecule has 1 fully saturated rings. The third kappa shape index (κ3) is 2.54. The Kier molecular flexibility index (Phi) is 3.14. The Morgan fingerprint density at radius 1 is 1.32 bits per heavy atom. The van der Waals surface area contributed by atoms with Crippen molar-refractivity contribution in [3.8, 4) is 0 Å². The molecule has 19 heavy (non-hydrogen) atoms. The van der Waals surface area contributed by atoms with Crippen LogP contribution < -0.4 is 5.32 Å². The Morgan fingerprint density at radius 2 is 2.05 bits per heavy atom. The van der Waals surface area contributed by atoms with E-state index in [1.807, 2.05) is 0 Å². The first-order valence-corrected chi connectivity index (χ1v) is 8.41. The number of sulfone groups is 1. The van der Waals surface area contributed by atoms with Gasteiger partial charge in [-0.25, -0.2) is 12.8 Å². The van der Waals surface area contributed by atoms with Crippen LogP contribution in [0.3, 0.4) is 0 Å². The van der Waals surface area contributed by atoms with E-state index < -0.39 is 9.84 Å². The minimum atomic E-state index is -3.24. The molecule has 0 amide bonds. The van der Waals surface area contributed by atoms with Gasteiger partial charge in [-0.1, -0.05) is 0 Å². The third-order valence-corrected chi connectivity index (χ3v) is 5.97. The average molecular weight is 283 g/mol. The second-order valence-electron chi connectivity index (χ2n) is 5.64. The van der Waals surface area contributed by atoms with Gasteiger partial charge >= 0.3 is 0 Å². The molecule has 0 saturated heterocycles. The van der Waals surface area contributed by atoms with Crippen molar-refractivity contribution in [2.24, 2.45) is 5.92 Å². The molecule has 0 spiro atoms. The number of hydrogen-bond donors (Lipinski definition) is 1. The van der Waals surface area contributed by atoms with E-state index >= 15 is 0 Å². The van der Waals surface area contributed by atoms with Gasteiger partial charge in [0.05, 0.1) is 10.6 Å².